The van der Waals surface area contributed by atoms with E-state index in [-0.39, 0.29) is 24.9 Å². The maximum Gasteiger partial charge on any atom is 0.279 e. The lowest BCUT2D eigenvalue weighted by Gasteiger charge is -2.28. The first-order valence-corrected chi connectivity index (χ1v) is 11.0. The van der Waals surface area contributed by atoms with Gasteiger partial charge in [0.25, 0.3) is 11.8 Å². The highest BCUT2D eigenvalue weighted by Gasteiger charge is 2.17. The van der Waals surface area contributed by atoms with E-state index >= 15 is 0 Å². The summed E-state index contributed by atoms with van der Waals surface area (Å²) in [6.07, 6.45) is 3.39. The van der Waals surface area contributed by atoms with Crippen LogP contribution in [0.15, 0.2) is 42.5 Å². The van der Waals surface area contributed by atoms with Gasteiger partial charge in [0.2, 0.25) is 0 Å². The molecule has 2 aliphatic rings. The molecule has 1 unspecified atom stereocenters. The molecule has 164 valence electrons. The average Bonchev–Trinajstić information content (AvgIpc) is 3.22. The number of morpholine rings is 1. The van der Waals surface area contributed by atoms with Crippen LogP contribution in [-0.4, -0.2) is 58.3 Å². The summed E-state index contributed by atoms with van der Waals surface area (Å²) in [6.45, 7) is 3.71. The Morgan fingerprint density at radius 1 is 0.903 bits per heavy atom. The molecule has 7 heteroatoms. The van der Waals surface area contributed by atoms with Gasteiger partial charge in [-0.15, -0.1) is 0 Å². The van der Waals surface area contributed by atoms with Gasteiger partial charge in [0.15, 0.2) is 13.1 Å². The number of rotatable bonds is 7. The minimum absolute atomic E-state index is 0.0851. The number of aryl methyl sites for hydroxylation is 2. The number of likely N-dealkylation sites (N-methyl/N-ethyl adjacent to an activating group) is 1. The second kappa shape index (κ2) is 9.94. The molecule has 1 aliphatic heterocycles. The number of hydrogen-bond donors (Lipinski definition) is 3. The Kier molecular flexibility index (Phi) is 6.84. The van der Waals surface area contributed by atoms with E-state index in [0.29, 0.717) is 0 Å². The molecule has 7 nitrogen and oxygen atoms in total. The van der Waals surface area contributed by atoms with E-state index in [4.69, 9.17) is 4.74 Å². The Morgan fingerprint density at radius 2 is 1.52 bits per heavy atom. The van der Waals surface area contributed by atoms with E-state index in [0.717, 1.165) is 61.1 Å². The van der Waals surface area contributed by atoms with Crippen LogP contribution in [0.1, 0.15) is 17.5 Å². The maximum atomic E-state index is 12.4. The molecule has 2 amide bonds. The van der Waals surface area contributed by atoms with Crippen molar-refractivity contribution in [1.82, 2.24) is 0 Å². The number of quaternary nitrogens is 1. The number of ether oxygens (including phenoxy) is 1. The summed E-state index contributed by atoms with van der Waals surface area (Å²) < 4.78 is 5.38. The molecule has 4 rings (SSSR count). The van der Waals surface area contributed by atoms with Crippen molar-refractivity contribution in [2.45, 2.75) is 19.3 Å². The number of amides is 2. The molecule has 2 aromatic rings. The first kappa shape index (κ1) is 21.3. The molecule has 0 bridgehead atoms. The second-order valence-electron chi connectivity index (χ2n) is 8.39. The van der Waals surface area contributed by atoms with E-state index in [1.807, 2.05) is 37.4 Å². The zero-order chi connectivity index (χ0) is 21.6. The van der Waals surface area contributed by atoms with E-state index < -0.39 is 0 Å². The molecule has 31 heavy (non-hydrogen) atoms. The summed E-state index contributed by atoms with van der Waals surface area (Å²) >= 11 is 0. The van der Waals surface area contributed by atoms with Crippen LogP contribution in [0.4, 0.5) is 17.1 Å². The third kappa shape index (κ3) is 5.83. The fourth-order valence-corrected chi connectivity index (χ4v) is 4.25. The molecule has 0 aromatic heterocycles. The molecule has 1 saturated heterocycles. The minimum Gasteiger partial charge on any atom is -0.378 e. The predicted octanol–water partition coefficient (Wildman–Crippen LogP) is 1.10. The second-order valence-corrected chi connectivity index (χ2v) is 8.39. The Labute approximate surface area is 183 Å². The van der Waals surface area contributed by atoms with Gasteiger partial charge in [0.1, 0.15) is 0 Å². The van der Waals surface area contributed by atoms with Crippen molar-refractivity contribution in [3.63, 3.8) is 0 Å². The van der Waals surface area contributed by atoms with Crippen LogP contribution in [0, 0.1) is 0 Å². The highest BCUT2D eigenvalue weighted by atomic mass is 16.5. The molecule has 1 fully saturated rings. The van der Waals surface area contributed by atoms with Crippen molar-refractivity contribution < 1.29 is 19.2 Å². The van der Waals surface area contributed by atoms with Crippen LogP contribution in [0.5, 0.6) is 0 Å². The molecular formula is C24H31N4O3+. The van der Waals surface area contributed by atoms with Crippen LogP contribution < -0.4 is 20.4 Å². The standard InChI is InChI=1S/C24H30N4O3/c1-27(17-24(30)26-21-6-5-18-3-2-4-19(18)15-21)16-23(29)25-20-7-9-22(10-8-20)28-11-13-31-14-12-28/h5-10,15H,2-4,11-14,16-17H2,1H3,(H,25,29)(H,26,30)/p+1. The quantitative estimate of drug-likeness (QED) is 0.624. The number of carbonyl (C=O) groups excluding carboxylic acids is 2. The Hall–Kier alpha value is -2.90. The summed E-state index contributed by atoms with van der Waals surface area (Å²) in [6, 6.07) is 14.0. The molecule has 1 atom stereocenters. The fraction of sp³-hybridized carbons (Fsp3) is 0.417. The van der Waals surface area contributed by atoms with Gasteiger partial charge in [-0.3, -0.25) is 9.59 Å². The summed E-state index contributed by atoms with van der Waals surface area (Å²) in [7, 11) is 1.85. The van der Waals surface area contributed by atoms with Gasteiger partial charge in [0.05, 0.1) is 20.3 Å². The third-order valence-electron chi connectivity index (χ3n) is 5.83. The molecular weight excluding hydrogens is 392 g/mol. The predicted molar refractivity (Wildman–Crippen MR) is 122 cm³/mol. The largest absolute Gasteiger partial charge is 0.378 e. The van der Waals surface area contributed by atoms with E-state index in [9.17, 15) is 9.59 Å². The number of anilines is 3. The van der Waals surface area contributed by atoms with Crippen molar-refractivity contribution in [3.05, 3.63) is 53.6 Å². The van der Waals surface area contributed by atoms with Crippen molar-refractivity contribution in [1.29, 1.82) is 0 Å². The molecule has 0 radical (unpaired) electrons. The summed E-state index contributed by atoms with van der Waals surface area (Å²) in [4.78, 5) is 27.9. The van der Waals surface area contributed by atoms with Crippen LogP contribution in [0.25, 0.3) is 0 Å². The topological polar surface area (TPSA) is 75.1 Å². The number of carbonyl (C=O) groups is 2. The number of fused-ring (bicyclic) bond motifs is 1. The van der Waals surface area contributed by atoms with Gasteiger partial charge in [-0.2, -0.15) is 0 Å². The molecule has 2 aromatic carbocycles. The zero-order valence-corrected chi connectivity index (χ0v) is 18.1. The summed E-state index contributed by atoms with van der Waals surface area (Å²) in [5.74, 6) is -0.194. The fourth-order valence-electron chi connectivity index (χ4n) is 4.25. The van der Waals surface area contributed by atoms with Crippen LogP contribution in [-0.2, 0) is 27.2 Å². The molecule has 3 N–H and O–H groups in total. The molecule has 0 spiro atoms. The molecule has 0 saturated carbocycles. The SMILES string of the molecule is C[NH+](CC(=O)Nc1ccc(N2CCOCC2)cc1)CC(=O)Nc1ccc2c(c1)CCC2. The van der Waals surface area contributed by atoms with Crippen molar-refractivity contribution in [2.75, 3.05) is 62.0 Å². The van der Waals surface area contributed by atoms with E-state index in [1.54, 1.807) is 0 Å². The molecule has 1 aliphatic carbocycles. The number of hydrogen-bond acceptors (Lipinski definition) is 4. The Bertz CT molecular complexity index is 923. The number of nitrogens with one attached hydrogen (secondary N) is 3. The lowest BCUT2D eigenvalue weighted by molar-refractivity contribution is -0.862. The van der Waals surface area contributed by atoms with Gasteiger partial charge in [-0.1, -0.05) is 6.07 Å². The number of benzene rings is 2. The van der Waals surface area contributed by atoms with Gasteiger partial charge in [0, 0.05) is 30.2 Å². The Balaban J connectivity index is 1.22. The monoisotopic (exact) mass is 423 g/mol. The van der Waals surface area contributed by atoms with Crippen LogP contribution in [0.2, 0.25) is 0 Å². The first-order valence-electron chi connectivity index (χ1n) is 11.0. The van der Waals surface area contributed by atoms with Gasteiger partial charge in [-0.05, 0) is 66.8 Å². The zero-order valence-electron chi connectivity index (χ0n) is 18.1. The average molecular weight is 424 g/mol. The highest BCUT2D eigenvalue weighted by Crippen LogP contribution is 2.24. The summed E-state index contributed by atoms with van der Waals surface area (Å²) in [5, 5.41) is 5.88. The van der Waals surface area contributed by atoms with Crippen LogP contribution >= 0.6 is 0 Å². The number of nitrogens with zero attached hydrogens (tertiary/aromatic N) is 1. The first-order chi connectivity index (χ1) is 15.1. The maximum absolute atomic E-state index is 12.4. The van der Waals surface area contributed by atoms with E-state index in [1.165, 1.54) is 17.5 Å². The minimum atomic E-state index is -0.109. The highest BCUT2D eigenvalue weighted by molar-refractivity contribution is 5.93. The normalized spacial score (nSPS) is 16.5. The lowest BCUT2D eigenvalue weighted by atomic mass is 10.1. The summed E-state index contributed by atoms with van der Waals surface area (Å²) in [5.41, 5.74) is 5.45. The van der Waals surface area contributed by atoms with Crippen molar-refractivity contribution >= 4 is 28.9 Å². The van der Waals surface area contributed by atoms with Gasteiger partial charge >= 0.3 is 0 Å². The Morgan fingerprint density at radius 3 is 2.23 bits per heavy atom. The third-order valence-corrected chi connectivity index (χ3v) is 5.83. The lowest BCUT2D eigenvalue weighted by Crippen LogP contribution is -3.11. The van der Waals surface area contributed by atoms with Crippen LogP contribution in [0.3, 0.4) is 0 Å². The molecule has 1 heterocycles. The van der Waals surface area contributed by atoms with Gasteiger partial charge in [-0.25, -0.2) is 0 Å². The van der Waals surface area contributed by atoms with Crippen molar-refractivity contribution in [2.24, 2.45) is 0 Å². The smallest absolute Gasteiger partial charge is 0.279 e. The van der Waals surface area contributed by atoms with E-state index in [2.05, 4.69) is 27.7 Å². The van der Waals surface area contributed by atoms with Gasteiger partial charge < -0.3 is 25.2 Å². The van der Waals surface area contributed by atoms with Crippen molar-refractivity contribution in [3.8, 4) is 0 Å².